The molecule has 1 aliphatic carbocycles. The first-order chi connectivity index (χ1) is 9.84. The van der Waals surface area contributed by atoms with Gasteiger partial charge >= 0.3 is 0 Å². The van der Waals surface area contributed by atoms with E-state index < -0.39 is 0 Å². The number of rotatable bonds is 3. The van der Waals surface area contributed by atoms with E-state index in [1.807, 2.05) is 6.07 Å². The number of benzene rings is 1. The molecule has 4 heteroatoms. The fraction of sp³-hybridized carbons (Fsp3) is 0.500. The zero-order valence-electron chi connectivity index (χ0n) is 11.4. The molecule has 0 amide bonds. The Kier molecular flexibility index (Phi) is 2.84. The summed E-state index contributed by atoms with van der Waals surface area (Å²) in [7, 11) is 0. The topological polar surface area (TPSA) is 50.9 Å². The van der Waals surface area contributed by atoms with Crippen LogP contribution in [0, 0.1) is 5.92 Å². The summed E-state index contributed by atoms with van der Waals surface area (Å²) >= 11 is 0. The lowest BCUT2D eigenvalue weighted by atomic mass is 9.92. The highest BCUT2D eigenvalue weighted by Crippen LogP contribution is 2.41. The van der Waals surface area contributed by atoms with Crippen molar-refractivity contribution in [3.8, 4) is 11.4 Å². The van der Waals surface area contributed by atoms with E-state index in [1.165, 1.54) is 31.2 Å². The average molecular weight is 269 g/mol. The maximum atomic E-state index is 10.5. The smallest absolute Gasteiger partial charge is 0.164 e. The predicted molar refractivity (Wildman–Crippen MR) is 76.2 cm³/mol. The van der Waals surface area contributed by atoms with Gasteiger partial charge in [0.15, 0.2) is 5.82 Å². The number of hydrogen-bond donors (Lipinski definition) is 1. The van der Waals surface area contributed by atoms with Gasteiger partial charge in [0, 0.05) is 5.56 Å². The van der Waals surface area contributed by atoms with Crippen LogP contribution in [0.15, 0.2) is 30.6 Å². The molecule has 2 heterocycles. The minimum Gasteiger partial charge on any atom is -0.393 e. The summed E-state index contributed by atoms with van der Waals surface area (Å²) in [5.41, 5.74) is 2.43. The largest absolute Gasteiger partial charge is 0.393 e. The second-order valence-electron chi connectivity index (χ2n) is 6.01. The number of fused-ring (bicyclic) bond motifs is 3. The summed E-state index contributed by atoms with van der Waals surface area (Å²) in [5, 5.41) is 18.8. The van der Waals surface area contributed by atoms with Crippen molar-refractivity contribution >= 4 is 0 Å². The molecule has 2 aliphatic rings. The van der Waals surface area contributed by atoms with Crippen LogP contribution < -0.4 is 0 Å². The summed E-state index contributed by atoms with van der Waals surface area (Å²) in [5.74, 6) is 1.41. The molecule has 4 nitrogen and oxygen atoms in total. The van der Waals surface area contributed by atoms with Gasteiger partial charge in [0.05, 0.1) is 12.1 Å². The Labute approximate surface area is 118 Å². The number of aliphatic hydroxyl groups is 1. The van der Waals surface area contributed by atoms with E-state index >= 15 is 0 Å². The van der Waals surface area contributed by atoms with E-state index in [1.54, 1.807) is 6.33 Å². The maximum absolute atomic E-state index is 10.5. The predicted octanol–water partition coefficient (Wildman–Crippen LogP) is 2.79. The van der Waals surface area contributed by atoms with Gasteiger partial charge in [-0.1, -0.05) is 37.1 Å². The monoisotopic (exact) mass is 269 g/mol. The van der Waals surface area contributed by atoms with Gasteiger partial charge in [-0.2, -0.15) is 0 Å². The maximum Gasteiger partial charge on any atom is 0.164 e. The molecule has 0 spiro atoms. The molecule has 1 aliphatic heterocycles. The molecule has 1 aromatic heterocycles. The lowest BCUT2D eigenvalue weighted by Gasteiger charge is -2.22. The molecular weight excluding hydrogens is 250 g/mol. The van der Waals surface area contributed by atoms with E-state index in [0.29, 0.717) is 5.92 Å². The van der Waals surface area contributed by atoms with Crippen LogP contribution in [0.4, 0.5) is 0 Å². The first kappa shape index (κ1) is 12.1. The van der Waals surface area contributed by atoms with Crippen LogP contribution in [0.25, 0.3) is 11.4 Å². The SMILES string of the molecule is OC(CC1c2ccccc2-c2nncn21)C1CCCC1. The number of nitrogens with zero attached hydrogens (tertiary/aromatic N) is 3. The van der Waals surface area contributed by atoms with Gasteiger partial charge in [-0.25, -0.2) is 0 Å². The molecule has 2 aromatic rings. The highest BCUT2D eigenvalue weighted by molar-refractivity contribution is 5.65. The Bertz CT molecular complexity index is 616. The van der Waals surface area contributed by atoms with E-state index in [-0.39, 0.29) is 12.1 Å². The van der Waals surface area contributed by atoms with Crippen molar-refractivity contribution in [3.05, 3.63) is 36.2 Å². The van der Waals surface area contributed by atoms with E-state index in [2.05, 4.69) is 33.0 Å². The average Bonchev–Trinajstić information content (AvgIpc) is 3.17. The van der Waals surface area contributed by atoms with Crippen molar-refractivity contribution < 1.29 is 5.11 Å². The van der Waals surface area contributed by atoms with Crippen LogP contribution in [0.2, 0.25) is 0 Å². The minimum atomic E-state index is -0.219. The normalized spacial score (nSPS) is 22.8. The van der Waals surface area contributed by atoms with Crippen LogP contribution in [0.3, 0.4) is 0 Å². The third-order valence-corrected chi connectivity index (χ3v) is 4.88. The highest BCUT2D eigenvalue weighted by atomic mass is 16.3. The first-order valence-electron chi connectivity index (χ1n) is 7.51. The third kappa shape index (κ3) is 1.79. The minimum absolute atomic E-state index is 0.187. The molecule has 104 valence electrons. The molecule has 20 heavy (non-hydrogen) atoms. The van der Waals surface area contributed by atoms with Gasteiger partial charge < -0.3 is 9.67 Å². The van der Waals surface area contributed by atoms with Crippen molar-refractivity contribution in [2.75, 3.05) is 0 Å². The lowest BCUT2D eigenvalue weighted by molar-refractivity contribution is 0.0917. The number of hydrogen-bond acceptors (Lipinski definition) is 3. The van der Waals surface area contributed by atoms with Crippen molar-refractivity contribution in [2.45, 2.75) is 44.2 Å². The van der Waals surface area contributed by atoms with Crippen molar-refractivity contribution in [2.24, 2.45) is 5.92 Å². The Hall–Kier alpha value is -1.68. The molecule has 1 fully saturated rings. The summed E-state index contributed by atoms with van der Waals surface area (Å²) in [6.45, 7) is 0. The summed E-state index contributed by atoms with van der Waals surface area (Å²) in [6.07, 6.45) is 7.22. The van der Waals surface area contributed by atoms with E-state index in [9.17, 15) is 5.11 Å². The molecule has 1 N–H and O–H groups in total. The van der Waals surface area contributed by atoms with Crippen LogP contribution in [0.1, 0.15) is 43.7 Å². The van der Waals surface area contributed by atoms with Gasteiger partial charge in [0.25, 0.3) is 0 Å². The van der Waals surface area contributed by atoms with Crippen molar-refractivity contribution in [3.63, 3.8) is 0 Å². The molecule has 0 bridgehead atoms. The second kappa shape index (κ2) is 4.70. The molecule has 0 saturated heterocycles. The molecule has 1 saturated carbocycles. The third-order valence-electron chi connectivity index (χ3n) is 4.88. The molecule has 2 atom stereocenters. The number of aromatic nitrogens is 3. The summed E-state index contributed by atoms with van der Waals surface area (Å²) in [6, 6.07) is 8.53. The fourth-order valence-corrected chi connectivity index (χ4v) is 3.81. The first-order valence-corrected chi connectivity index (χ1v) is 7.51. The molecule has 2 unspecified atom stereocenters. The zero-order valence-corrected chi connectivity index (χ0v) is 11.4. The molecule has 1 aromatic carbocycles. The summed E-state index contributed by atoms with van der Waals surface area (Å²) in [4.78, 5) is 0. The quantitative estimate of drug-likeness (QED) is 0.932. The van der Waals surface area contributed by atoms with Crippen molar-refractivity contribution in [1.82, 2.24) is 14.8 Å². The van der Waals surface area contributed by atoms with Gasteiger partial charge in [-0.15, -0.1) is 10.2 Å². The van der Waals surface area contributed by atoms with E-state index in [0.717, 1.165) is 17.8 Å². The van der Waals surface area contributed by atoms with Crippen LogP contribution in [-0.2, 0) is 0 Å². The Morgan fingerprint density at radius 3 is 2.90 bits per heavy atom. The van der Waals surface area contributed by atoms with Crippen LogP contribution in [0.5, 0.6) is 0 Å². The molecular formula is C16H19N3O. The Morgan fingerprint density at radius 2 is 2.05 bits per heavy atom. The molecule has 0 radical (unpaired) electrons. The highest BCUT2D eigenvalue weighted by Gasteiger charge is 2.33. The Morgan fingerprint density at radius 1 is 1.25 bits per heavy atom. The Balaban J connectivity index is 1.65. The second-order valence-corrected chi connectivity index (χ2v) is 6.01. The van der Waals surface area contributed by atoms with Gasteiger partial charge in [-0.3, -0.25) is 0 Å². The van der Waals surface area contributed by atoms with Crippen molar-refractivity contribution in [1.29, 1.82) is 0 Å². The standard InChI is InChI=1S/C16H19N3O/c20-15(11-5-1-2-6-11)9-14-12-7-3-4-8-13(12)16-18-17-10-19(14)16/h3-4,7-8,10-11,14-15,20H,1-2,5-6,9H2. The molecule has 4 rings (SSSR count). The van der Waals surface area contributed by atoms with Gasteiger partial charge in [-0.05, 0) is 30.7 Å². The summed E-state index contributed by atoms with van der Waals surface area (Å²) < 4.78 is 2.11. The fourth-order valence-electron chi connectivity index (χ4n) is 3.81. The van der Waals surface area contributed by atoms with Crippen LogP contribution >= 0.6 is 0 Å². The van der Waals surface area contributed by atoms with Gasteiger partial charge in [0.1, 0.15) is 6.33 Å². The zero-order chi connectivity index (χ0) is 13.5. The van der Waals surface area contributed by atoms with Crippen LogP contribution in [-0.4, -0.2) is 26.0 Å². The van der Waals surface area contributed by atoms with E-state index in [4.69, 9.17) is 0 Å². The van der Waals surface area contributed by atoms with Gasteiger partial charge in [0.2, 0.25) is 0 Å². The number of aliphatic hydroxyl groups excluding tert-OH is 1. The lowest BCUT2D eigenvalue weighted by Crippen LogP contribution is -2.22.